The van der Waals surface area contributed by atoms with Crippen molar-refractivity contribution in [1.29, 1.82) is 0 Å². The summed E-state index contributed by atoms with van der Waals surface area (Å²) in [7, 11) is 1.59. The molecule has 0 saturated heterocycles. The van der Waals surface area contributed by atoms with Crippen molar-refractivity contribution in [1.82, 2.24) is 4.90 Å². The second-order valence-electron chi connectivity index (χ2n) is 9.29. The summed E-state index contributed by atoms with van der Waals surface area (Å²) in [5.41, 5.74) is 4.32. The molecule has 5 rings (SSSR count). The Kier molecular flexibility index (Phi) is 7.29. The molecule has 7 heteroatoms. The number of benzene rings is 4. The van der Waals surface area contributed by atoms with E-state index in [1.165, 1.54) is 12.1 Å². The van der Waals surface area contributed by atoms with Crippen LogP contribution in [0.2, 0.25) is 0 Å². The molecule has 1 heterocycles. The quantitative estimate of drug-likeness (QED) is 0.270. The number of methoxy groups -OCH3 is 1. The standard InChI is InChI=1S/C31H26BrFN2O3/c1-19-17-22(32)11-16-27(19)34-30(36)28-25-5-3-4-6-26(25)31(37)35(18-20-7-12-23(33)13-8-20)29(28)21-9-14-24(38-2)15-10-21/h3-17,28-29H,18H2,1-2H3,(H,34,36)/t28-,29-/m0/s1. The van der Waals surface area contributed by atoms with Gasteiger partial charge in [0.1, 0.15) is 11.6 Å². The number of anilines is 1. The van der Waals surface area contributed by atoms with Gasteiger partial charge in [0.05, 0.1) is 19.1 Å². The number of hydrogen-bond acceptors (Lipinski definition) is 3. The van der Waals surface area contributed by atoms with Crippen LogP contribution < -0.4 is 10.1 Å². The normalized spacial score (nSPS) is 16.6. The Morgan fingerprint density at radius 1 is 1.00 bits per heavy atom. The van der Waals surface area contributed by atoms with Crippen molar-refractivity contribution >= 4 is 33.4 Å². The molecule has 1 aliphatic rings. The summed E-state index contributed by atoms with van der Waals surface area (Å²) in [4.78, 5) is 29.7. The Hall–Kier alpha value is -3.97. The zero-order valence-electron chi connectivity index (χ0n) is 20.9. The zero-order chi connectivity index (χ0) is 26.8. The monoisotopic (exact) mass is 572 g/mol. The molecule has 4 aromatic carbocycles. The number of ether oxygens (including phenoxy) is 1. The fraction of sp³-hybridized carbons (Fsp3) is 0.161. The predicted octanol–water partition coefficient (Wildman–Crippen LogP) is 7.02. The van der Waals surface area contributed by atoms with Crippen molar-refractivity contribution in [3.8, 4) is 5.75 Å². The van der Waals surface area contributed by atoms with Gasteiger partial charge in [0.15, 0.2) is 0 Å². The number of aryl methyl sites for hydroxylation is 1. The van der Waals surface area contributed by atoms with Crippen molar-refractivity contribution in [3.63, 3.8) is 0 Å². The number of halogens is 2. The summed E-state index contributed by atoms with van der Waals surface area (Å²) < 4.78 is 19.9. The van der Waals surface area contributed by atoms with Crippen molar-refractivity contribution in [3.05, 3.63) is 129 Å². The minimum atomic E-state index is -0.694. The Bertz CT molecular complexity index is 1490. The maximum absolute atomic E-state index is 14.1. The zero-order valence-corrected chi connectivity index (χ0v) is 22.5. The van der Waals surface area contributed by atoms with Crippen LogP contribution in [0, 0.1) is 12.7 Å². The van der Waals surface area contributed by atoms with Gasteiger partial charge in [-0.15, -0.1) is 0 Å². The first kappa shape index (κ1) is 25.7. The molecular formula is C31H26BrFN2O3. The van der Waals surface area contributed by atoms with Gasteiger partial charge in [-0.1, -0.05) is 58.4 Å². The highest BCUT2D eigenvalue weighted by Gasteiger charge is 2.44. The first-order valence-corrected chi connectivity index (χ1v) is 13.0. The number of amides is 2. The van der Waals surface area contributed by atoms with Gasteiger partial charge in [0, 0.05) is 22.3 Å². The summed E-state index contributed by atoms with van der Waals surface area (Å²) in [5.74, 6) is -0.776. The van der Waals surface area contributed by atoms with Gasteiger partial charge in [-0.3, -0.25) is 9.59 Å². The summed E-state index contributed by atoms with van der Waals surface area (Å²) >= 11 is 3.47. The third-order valence-electron chi connectivity index (χ3n) is 6.89. The molecule has 0 aliphatic carbocycles. The molecule has 0 saturated carbocycles. The topological polar surface area (TPSA) is 58.6 Å². The lowest BCUT2D eigenvalue weighted by Crippen LogP contribution is -2.45. The van der Waals surface area contributed by atoms with E-state index >= 15 is 0 Å². The van der Waals surface area contributed by atoms with E-state index in [0.717, 1.165) is 21.2 Å². The van der Waals surface area contributed by atoms with Crippen LogP contribution >= 0.6 is 15.9 Å². The van der Waals surface area contributed by atoms with Gasteiger partial charge in [-0.2, -0.15) is 0 Å². The molecule has 1 aliphatic heterocycles. The van der Waals surface area contributed by atoms with Crippen LogP contribution in [0.3, 0.4) is 0 Å². The molecule has 0 aromatic heterocycles. The Labute approximate surface area is 229 Å². The maximum Gasteiger partial charge on any atom is 0.255 e. The number of fused-ring (bicyclic) bond motifs is 1. The van der Waals surface area contributed by atoms with Gasteiger partial charge >= 0.3 is 0 Å². The van der Waals surface area contributed by atoms with E-state index in [2.05, 4.69) is 21.2 Å². The van der Waals surface area contributed by atoms with Gasteiger partial charge in [0.2, 0.25) is 5.91 Å². The second kappa shape index (κ2) is 10.8. The van der Waals surface area contributed by atoms with Crippen molar-refractivity contribution in [2.24, 2.45) is 0 Å². The summed E-state index contributed by atoms with van der Waals surface area (Å²) in [6.45, 7) is 2.14. The number of nitrogens with one attached hydrogen (secondary N) is 1. The van der Waals surface area contributed by atoms with E-state index in [9.17, 15) is 14.0 Å². The fourth-order valence-electron chi connectivity index (χ4n) is 4.99. The number of nitrogens with zero attached hydrogens (tertiary/aromatic N) is 1. The van der Waals surface area contributed by atoms with Gasteiger partial charge in [-0.05, 0) is 77.7 Å². The molecule has 4 aromatic rings. The Morgan fingerprint density at radius 2 is 1.71 bits per heavy atom. The summed E-state index contributed by atoms with van der Waals surface area (Å²) in [6, 6.07) is 25.8. The van der Waals surface area contributed by atoms with Crippen LogP contribution in [0.5, 0.6) is 5.75 Å². The van der Waals surface area contributed by atoms with E-state index in [-0.39, 0.29) is 24.2 Å². The molecule has 38 heavy (non-hydrogen) atoms. The first-order valence-electron chi connectivity index (χ1n) is 12.2. The average molecular weight is 573 g/mol. The third kappa shape index (κ3) is 5.07. The minimum Gasteiger partial charge on any atom is -0.497 e. The molecule has 192 valence electrons. The van der Waals surface area contributed by atoms with Crippen LogP contribution in [0.15, 0.2) is 95.5 Å². The lowest BCUT2D eigenvalue weighted by atomic mass is 9.79. The van der Waals surface area contributed by atoms with Crippen LogP contribution in [0.1, 0.15) is 44.6 Å². The molecule has 0 bridgehead atoms. The molecule has 0 unspecified atom stereocenters. The van der Waals surface area contributed by atoms with Crippen LogP contribution in [-0.2, 0) is 11.3 Å². The number of carbonyl (C=O) groups is 2. The molecule has 0 radical (unpaired) electrons. The first-order chi connectivity index (χ1) is 18.4. The summed E-state index contributed by atoms with van der Waals surface area (Å²) in [5, 5.41) is 3.11. The van der Waals surface area contributed by atoms with Crippen molar-refractivity contribution < 1.29 is 18.7 Å². The molecule has 5 nitrogen and oxygen atoms in total. The predicted molar refractivity (Wildman–Crippen MR) is 149 cm³/mol. The minimum absolute atomic E-state index is 0.186. The third-order valence-corrected chi connectivity index (χ3v) is 7.38. The smallest absolute Gasteiger partial charge is 0.255 e. The van der Waals surface area contributed by atoms with Crippen molar-refractivity contribution in [2.75, 3.05) is 12.4 Å². The highest BCUT2D eigenvalue weighted by Crippen LogP contribution is 2.44. The average Bonchev–Trinajstić information content (AvgIpc) is 2.93. The van der Waals surface area contributed by atoms with Crippen LogP contribution in [0.4, 0.5) is 10.1 Å². The number of rotatable bonds is 6. The van der Waals surface area contributed by atoms with Crippen LogP contribution in [-0.4, -0.2) is 23.8 Å². The van der Waals surface area contributed by atoms with Crippen LogP contribution in [0.25, 0.3) is 0 Å². The molecule has 0 fully saturated rings. The lowest BCUT2D eigenvalue weighted by molar-refractivity contribution is -0.119. The molecule has 1 N–H and O–H groups in total. The largest absolute Gasteiger partial charge is 0.497 e. The molecular weight excluding hydrogens is 547 g/mol. The lowest BCUT2D eigenvalue weighted by Gasteiger charge is -2.42. The maximum atomic E-state index is 14.1. The molecule has 0 spiro atoms. The second-order valence-corrected chi connectivity index (χ2v) is 10.2. The van der Waals surface area contributed by atoms with E-state index in [1.807, 2.05) is 61.5 Å². The van der Waals surface area contributed by atoms with Gasteiger partial charge < -0.3 is 15.0 Å². The Balaban J connectivity index is 1.64. The van der Waals surface area contributed by atoms with Gasteiger partial charge in [0.25, 0.3) is 5.91 Å². The van der Waals surface area contributed by atoms with Crippen molar-refractivity contribution in [2.45, 2.75) is 25.4 Å². The van der Waals surface area contributed by atoms with Gasteiger partial charge in [-0.25, -0.2) is 4.39 Å². The molecule has 2 amide bonds. The SMILES string of the molecule is COc1ccc([C@H]2[C@@H](C(=O)Nc3ccc(Br)cc3C)c3ccccc3C(=O)N2Cc2ccc(F)cc2)cc1. The highest BCUT2D eigenvalue weighted by molar-refractivity contribution is 9.10. The highest BCUT2D eigenvalue weighted by atomic mass is 79.9. The van der Waals surface area contributed by atoms with E-state index in [0.29, 0.717) is 22.6 Å². The van der Waals surface area contributed by atoms with E-state index in [4.69, 9.17) is 4.74 Å². The van der Waals surface area contributed by atoms with E-state index in [1.54, 1.807) is 36.3 Å². The number of hydrogen-bond donors (Lipinski definition) is 1. The number of carbonyl (C=O) groups excluding carboxylic acids is 2. The Morgan fingerprint density at radius 3 is 2.39 bits per heavy atom. The fourth-order valence-corrected chi connectivity index (χ4v) is 5.46. The summed E-state index contributed by atoms with van der Waals surface area (Å²) in [6.07, 6.45) is 0. The molecule has 2 atom stereocenters. The van der Waals surface area contributed by atoms with E-state index < -0.39 is 12.0 Å².